The molecule has 0 N–H and O–H groups in total. The van der Waals surface area contributed by atoms with Crippen molar-refractivity contribution in [2.45, 2.75) is 90.4 Å². The summed E-state index contributed by atoms with van der Waals surface area (Å²) in [4.78, 5) is 56.0. The van der Waals surface area contributed by atoms with Gasteiger partial charge in [0.15, 0.2) is 0 Å². The van der Waals surface area contributed by atoms with E-state index in [4.69, 9.17) is 23.7 Å². The average molecular weight is 632 g/mol. The third kappa shape index (κ3) is 9.09. The first-order valence-corrected chi connectivity index (χ1v) is 15.1. The van der Waals surface area contributed by atoms with Crippen molar-refractivity contribution < 1.29 is 42.9 Å². The third-order valence-electron chi connectivity index (χ3n) is 6.85. The number of nitrogens with zero attached hydrogens (tertiary/aromatic N) is 1. The van der Waals surface area contributed by atoms with Crippen LogP contribution in [0.1, 0.15) is 64.7 Å². The largest absolute Gasteiger partial charge is 0.475 e. The number of esters is 2. The van der Waals surface area contributed by atoms with Crippen molar-refractivity contribution in [3.63, 3.8) is 0 Å². The predicted molar refractivity (Wildman–Crippen MR) is 169 cm³/mol. The molecule has 244 valence electrons. The number of para-hydroxylation sites is 1. The summed E-state index contributed by atoms with van der Waals surface area (Å²) in [7, 11) is 0. The topological polar surface area (TPSA) is 118 Å². The van der Waals surface area contributed by atoms with Gasteiger partial charge in [-0.1, -0.05) is 78.9 Å². The molecule has 1 aliphatic heterocycles. The number of carbonyl (C=O) groups excluding carboxylic acids is 4. The molecule has 4 rings (SSSR count). The van der Waals surface area contributed by atoms with Crippen molar-refractivity contribution >= 4 is 24.1 Å². The molecular weight excluding hydrogens is 590 g/mol. The molecule has 3 aromatic rings. The molecule has 1 aliphatic rings. The lowest BCUT2D eigenvalue weighted by Crippen LogP contribution is -2.57. The molecule has 0 unspecified atom stereocenters. The fraction of sp³-hybridized carbons (Fsp3) is 0.389. The highest BCUT2D eigenvalue weighted by Crippen LogP contribution is 2.40. The first-order valence-electron chi connectivity index (χ1n) is 15.1. The van der Waals surface area contributed by atoms with Gasteiger partial charge < -0.3 is 23.7 Å². The van der Waals surface area contributed by atoms with Crippen LogP contribution >= 0.6 is 0 Å². The van der Waals surface area contributed by atoms with E-state index in [1.807, 2.05) is 24.3 Å². The molecule has 0 radical (unpaired) electrons. The van der Waals surface area contributed by atoms with Gasteiger partial charge in [0, 0.05) is 12.8 Å². The molecule has 0 spiro atoms. The van der Waals surface area contributed by atoms with Gasteiger partial charge in [0.05, 0.1) is 0 Å². The summed E-state index contributed by atoms with van der Waals surface area (Å²) in [5.74, 6) is -1.33. The highest BCUT2D eigenvalue weighted by Gasteiger charge is 2.54. The Kier molecular flexibility index (Phi) is 10.4. The van der Waals surface area contributed by atoms with Gasteiger partial charge in [-0.25, -0.2) is 19.2 Å². The first kappa shape index (κ1) is 34.0. The van der Waals surface area contributed by atoms with Crippen LogP contribution < -0.4 is 4.74 Å². The minimum atomic E-state index is -1.81. The van der Waals surface area contributed by atoms with Crippen molar-refractivity contribution in [1.29, 1.82) is 0 Å². The summed E-state index contributed by atoms with van der Waals surface area (Å²) in [6, 6.07) is 23.4. The van der Waals surface area contributed by atoms with Crippen LogP contribution in [-0.4, -0.2) is 51.9 Å². The fourth-order valence-electron chi connectivity index (χ4n) is 4.84. The molecule has 0 saturated carbocycles. The van der Waals surface area contributed by atoms with E-state index in [-0.39, 0.29) is 19.6 Å². The molecule has 0 aromatic heterocycles. The normalized spacial score (nSPS) is 16.3. The molecule has 2 amide bonds. The molecule has 2 atom stereocenters. The Hall–Kier alpha value is -4.86. The second-order valence-electron chi connectivity index (χ2n) is 13.1. The van der Waals surface area contributed by atoms with Crippen LogP contribution in [-0.2, 0) is 48.2 Å². The van der Waals surface area contributed by atoms with E-state index in [0.717, 1.165) is 5.56 Å². The zero-order chi connectivity index (χ0) is 33.5. The minimum absolute atomic E-state index is 0.00966. The van der Waals surface area contributed by atoms with Gasteiger partial charge in [0.1, 0.15) is 36.2 Å². The quantitative estimate of drug-likeness (QED) is 0.186. The number of benzene rings is 3. The van der Waals surface area contributed by atoms with E-state index in [1.165, 1.54) is 0 Å². The Morgan fingerprint density at radius 3 is 1.70 bits per heavy atom. The third-order valence-corrected chi connectivity index (χ3v) is 6.85. The van der Waals surface area contributed by atoms with E-state index >= 15 is 0 Å². The van der Waals surface area contributed by atoms with Crippen molar-refractivity contribution in [1.82, 2.24) is 4.90 Å². The van der Waals surface area contributed by atoms with Gasteiger partial charge in [-0.2, -0.15) is 4.90 Å². The number of imide groups is 1. The zero-order valence-electron chi connectivity index (χ0n) is 27.1. The summed E-state index contributed by atoms with van der Waals surface area (Å²) in [6.07, 6.45) is -2.78. The molecule has 0 fully saturated rings. The fourth-order valence-corrected chi connectivity index (χ4v) is 4.84. The highest BCUT2D eigenvalue weighted by atomic mass is 16.6. The van der Waals surface area contributed by atoms with E-state index in [0.29, 0.717) is 21.8 Å². The van der Waals surface area contributed by atoms with Crippen LogP contribution in [0, 0.1) is 0 Å². The summed E-state index contributed by atoms with van der Waals surface area (Å²) in [5, 5.41) is 0. The van der Waals surface area contributed by atoms with Crippen LogP contribution in [0.5, 0.6) is 5.75 Å². The van der Waals surface area contributed by atoms with Crippen molar-refractivity contribution in [2.24, 2.45) is 0 Å². The lowest BCUT2D eigenvalue weighted by Gasteiger charge is -2.36. The smallest absolute Gasteiger partial charge is 0.420 e. The standard InChI is InChI=1S/C36H41NO9/c1-34(2,3)45-32(40)37(33(41)46-35(4,5)6)28(30(38)42-23-25-15-9-7-10-16-25)22-36(21-27-19-13-14-20-29(27)44-36)31(39)43-24-26-17-11-8-12-18-26/h7-20,28H,21-24H2,1-6H3/t28-,36+/m0/s1. The number of hydrogen-bond donors (Lipinski definition) is 0. The van der Waals surface area contributed by atoms with Crippen LogP contribution in [0.15, 0.2) is 84.9 Å². The van der Waals surface area contributed by atoms with Crippen molar-refractivity contribution in [2.75, 3.05) is 0 Å². The predicted octanol–water partition coefficient (Wildman–Crippen LogP) is 6.78. The maximum absolute atomic E-state index is 14.0. The maximum atomic E-state index is 14.0. The number of rotatable bonds is 9. The SMILES string of the molecule is CC(C)(C)OC(=O)N(C(=O)OC(C)(C)C)[C@@H](C[C@@]1(C(=O)OCc2ccccc2)Cc2ccccc2O1)C(=O)OCc1ccccc1. The second-order valence-corrected chi connectivity index (χ2v) is 13.1. The highest BCUT2D eigenvalue weighted by molar-refractivity contribution is 5.95. The number of carbonyl (C=O) groups is 4. The van der Waals surface area contributed by atoms with Gasteiger partial charge in [0.2, 0.25) is 5.60 Å². The zero-order valence-corrected chi connectivity index (χ0v) is 27.1. The lowest BCUT2D eigenvalue weighted by atomic mass is 9.89. The Bertz CT molecular complexity index is 1470. The number of amides is 2. The Labute approximate surface area is 269 Å². The first-order chi connectivity index (χ1) is 21.7. The summed E-state index contributed by atoms with van der Waals surface area (Å²) < 4.78 is 28.9. The summed E-state index contributed by atoms with van der Waals surface area (Å²) in [6.45, 7) is 9.53. The minimum Gasteiger partial charge on any atom is -0.475 e. The van der Waals surface area contributed by atoms with Gasteiger partial charge in [-0.05, 0) is 64.3 Å². The molecule has 10 heteroatoms. The Morgan fingerprint density at radius 1 is 0.717 bits per heavy atom. The molecule has 3 aromatic carbocycles. The van der Waals surface area contributed by atoms with Gasteiger partial charge in [-0.15, -0.1) is 0 Å². The van der Waals surface area contributed by atoms with Crippen LogP contribution in [0.3, 0.4) is 0 Å². The van der Waals surface area contributed by atoms with Gasteiger partial charge >= 0.3 is 24.1 Å². The number of fused-ring (bicyclic) bond motifs is 1. The summed E-state index contributed by atoms with van der Waals surface area (Å²) in [5.41, 5.74) is -1.78. The average Bonchev–Trinajstić information content (AvgIpc) is 3.37. The monoisotopic (exact) mass is 631 g/mol. The molecule has 0 saturated heterocycles. The Balaban J connectivity index is 1.76. The van der Waals surface area contributed by atoms with Crippen molar-refractivity contribution in [3.05, 3.63) is 102 Å². The lowest BCUT2D eigenvalue weighted by molar-refractivity contribution is -0.167. The number of ether oxygens (including phenoxy) is 5. The van der Waals surface area contributed by atoms with E-state index in [9.17, 15) is 19.2 Å². The maximum Gasteiger partial charge on any atom is 0.420 e. The molecule has 46 heavy (non-hydrogen) atoms. The number of hydrogen-bond acceptors (Lipinski definition) is 9. The second kappa shape index (κ2) is 14.1. The van der Waals surface area contributed by atoms with Crippen molar-refractivity contribution in [3.8, 4) is 5.75 Å². The van der Waals surface area contributed by atoms with E-state index in [1.54, 1.807) is 102 Å². The van der Waals surface area contributed by atoms with Crippen LogP contribution in [0.2, 0.25) is 0 Å². The molecule has 10 nitrogen and oxygen atoms in total. The molecular formula is C36H41NO9. The molecule has 0 bridgehead atoms. The molecule has 0 aliphatic carbocycles. The van der Waals surface area contributed by atoms with Crippen LogP contribution in [0.4, 0.5) is 9.59 Å². The van der Waals surface area contributed by atoms with E-state index < -0.39 is 53.4 Å². The van der Waals surface area contributed by atoms with Gasteiger partial charge in [0.25, 0.3) is 0 Å². The Morgan fingerprint density at radius 2 is 1.20 bits per heavy atom. The van der Waals surface area contributed by atoms with Gasteiger partial charge in [-0.3, -0.25) is 0 Å². The molecule has 1 heterocycles. The van der Waals surface area contributed by atoms with E-state index in [2.05, 4.69) is 0 Å². The van der Waals surface area contributed by atoms with Crippen LogP contribution in [0.25, 0.3) is 0 Å². The summed E-state index contributed by atoms with van der Waals surface area (Å²) >= 11 is 0.